The molecule has 0 amide bonds. The predicted octanol–water partition coefficient (Wildman–Crippen LogP) is 2.51. The molecule has 0 spiro atoms. The molecule has 3 rings (SSSR count). The molecule has 0 aliphatic heterocycles. The Morgan fingerprint density at radius 1 is 1.24 bits per heavy atom. The number of rotatable bonds is 9. The lowest BCUT2D eigenvalue weighted by Gasteiger charge is -2.27. The van der Waals surface area contributed by atoms with Gasteiger partial charge in [-0.25, -0.2) is 13.8 Å². The van der Waals surface area contributed by atoms with Crippen molar-refractivity contribution in [3.63, 3.8) is 0 Å². The molecule has 1 heterocycles. The molecule has 34 heavy (non-hydrogen) atoms. The van der Waals surface area contributed by atoms with Crippen LogP contribution >= 0.6 is 0 Å². The SMILES string of the molecule is CN=CC(=CN)n1cnc2ccc(N(CCNC)c3c(F)c(OC)cc(OC)c3F)cc2c1=O. The third-order valence-electron chi connectivity index (χ3n) is 5.17. The Hall–Kier alpha value is -3.99. The maximum absolute atomic E-state index is 15.3. The highest BCUT2D eigenvalue weighted by atomic mass is 19.1. The summed E-state index contributed by atoms with van der Waals surface area (Å²) in [5, 5.41) is 3.20. The summed E-state index contributed by atoms with van der Waals surface area (Å²) in [4.78, 5) is 22.8. The van der Waals surface area contributed by atoms with Crippen LogP contribution in [0.2, 0.25) is 0 Å². The number of anilines is 2. The van der Waals surface area contributed by atoms with Gasteiger partial charge in [-0.05, 0) is 25.2 Å². The van der Waals surface area contributed by atoms with Crippen molar-refractivity contribution >= 4 is 34.2 Å². The minimum absolute atomic E-state index is 0.177. The van der Waals surface area contributed by atoms with Gasteiger partial charge in [-0.2, -0.15) is 0 Å². The summed E-state index contributed by atoms with van der Waals surface area (Å²) in [6, 6.07) is 5.91. The number of ether oxygens (including phenoxy) is 2. The smallest absolute Gasteiger partial charge is 0.265 e. The fraction of sp³-hybridized carbons (Fsp3) is 0.261. The van der Waals surface area contributed by atoms with Crippen LogP contribution in [0.25, 0.3) is 16.6 Å². The topological polar surface area (TPSA) is 107 Å². The number of aromatic nitrogens is 2. The number of hydrogen-bond acceptors (Lipinski definition) is 8. The molecular weight excluding hydrogens is 446 g/mol. The van der Waals surface area contributed by atoms with E-state index in [1.54, 1.807) is 26.2 Å². The minimum Gasteiger partial charge on any atom is -0.493 e. The highest BCUT2D eigenvalue weighted by Gasteiger charge is 2.26. The fourth-order valence-corrected chi connectivity index (χ4v) is 3.48. The maximum atomic E-state index is 15.3. The van der Waals surface area contributed by atoms with Gasteiger partial charge in [-0.1, -0.05) is 0 Å². The third-order valence-corrected chi connectivity index (χ3v) is 5.17. The van der Waals surface area contributed by atoms with Crippen LogP contribution in [0, 0.1) is 11.6 Å². The van der Waals surface area contributed by atoms with E-state index in [4.69, 9.17) is 15.2 Å². The van der Waals surface area contributed by atoms with Gasteiger partial charge in [0.2, 0.25) is 0 Å². The molecule has 3 aromatic rings. The molecule has 3 N–H and O–H groups in total. The van der Waals surface area contributed by atoms with Crippen molar-refractivity contribution in [1.29, 1.82) is 0 Å². The van der Waals surface area contributed by atoms with Crippen LogP contribution in [0.5, 0.6) is 11.5 Å². The summed E-state index contributed by atoms with van der Waals surface area (Å²) in [7, 11) is 5.83. The zero-order valence-corrected chi connectivity index (χ0v) is 19.3. The van der Waals surface area contributed by atoms with Gasteiger partial charge in [0.1, 0.15) is 12.0 Å². The Balaban J connectivity index is 2.27. The number of benzene rings is 2. The minimum atomic E-state index is -0.895. The number of nitrogens with one attached hydrogen (secondary N) is 1. The number of aliphatic imine (C=N–C) groups is 1. The first kappa shape index (κ1) is 24.6. The molecule has 0 unspecified atom stereocenters. The van der Waals surface area contributed by atoms with Crippen LogP contribution < -0.4 is 31.0 Å². The molecule has 11 heteroatoms. The highest BCUT2D eigenvalue weighted by Crippen LogP contribution is 2.40. The van der Waals surface area contributed by atoms with Crippen LogP contribution in [0.15, 0.2) is 46.6 Å². The Morgan fingerprint density at radius 2 is 1.91 bits per heavy atom. The summed E-state index contributed by atoms with van der Waals surface area (Å²) in [5.74, 6) is -2.14. The largest absolute Gasteiger partial charge is 0.493 e. The quantitative estimate of drug-likeness (QED) is 0.461. The summed E-state index contributed by atoms with van der Waals surface area (Å²) < 4.78 is 42.0. The average molecular weight is 472 g/mol. The standard InChI is InChI=1S/C23H26F2N6O3/c1-27-7-8-30(22-20(24)18(33-3)10-19(34-4)21(22)25)14-5-6-17-16(9-14)23(32)31(13-29-17)15(11-26)12-28-2/h5-6,9-13,27H,7-8,26H2,1-4H3. The van der Waals surface area contributed by atoms with Gasteiger partial charge >= 0.3 is 0 Å². The molecule has 0 aliphatic rings. The van der Waals surface area contributed by atoms with E-state index in [2.05, 4.69) is 15.3 Å². The third kappa shape index (κ3) is 4.55. The number of halogens is 2. The molecule has 0 atom stereocenters. The van der Waals surface area contributed by atoms with Gasteiger partial charge in [0.15, 0.2) is 23.1 Å². The lowest BCUT2D eigenvalue weighted by Crippen LogP contribution is -2.29. The molecule has 180 valence electrons. The van der Waals surface area contributed by atoms with Crippen molar-refractivity contribution in [2.75, 3.05) is 46.3 Å². The van der Waals surface area contributed by atoms with Crippen LogP contribution in [0.1, 0.15) is 0 Å². The second kappa shape index (κ2) is 10.8. The van der Waals surface area contributed by atoms with E-state index in [9.17, 15) is 4.79 Å². The van der Waals surface area contributed by atoms with Crippen molar-refractivity contribution in [3.8, 4) is 11.5 Å². The predicted molar refractivity (Wildman–Crippen MR) is 129 cm³/mol. The zero-order chi connectivity index (χ0) is 24.8. The van der Waals surface area contributed by atoms with E-state index in [0.29, 0.717) is 23.4 Å². The molecule has 0 bridgehead atoms. The van der Waals surface area contributed by atoms with Crippen LogP contribution in [-0.2, 0) is 0 Å². The van der Waals surface area contributed by atoms with Crippen molar-refractivity contribution in [1.82, 2.24) is 14.9 Å². The van der Waals surface area contributed by atoms with Crippen LogP contribution in [0.4, 0.5) is 20.2 Å². The molecule has 0 saturated carbocycles. The number of likely N-dealkylation sites (N-methyl/N-ethyl adjacent to an activating group) is 1. The second-order valence-corrected chi connectivity index (χ2v) is 7.11. The summed E-state index contributed by atoms with van der Waals surface area (Å²) in [6.07, 6.45) is 4.00. The number of allylic oxidation sites excluding steroid dienone is 1. The van der Waals surface area contributed by atoms with Gasteiger partial charge in [-0.15, -0.1) is 0 Å². The van der Waals surface area contributed by atoms with E-state index in [1.165, 1.54) is 48.5 Å². The Kier molecular flexibility index (Phi) is 7.79. The summed E-state index contributed by atoms with van der Waals surface area (Å²) in [5.41, 5.74) is 5.96. The monoisotopic (exact) mass is 472 g/mol. The van der Waals surface area contributed by atoms with E-state index in [0.717, 1.165) is 6.07 Å². The van der Waals surface area contributed by atoms with Crippen LogP contribution in [-0.4, -0.2) is 57.2 Å². The molecule has 0 fully saturated rings. The number of nitrogens with zero attached hydrogens (tertiary/aromatic N) is 4. The van der Waals surface area contributed by atoms with Crippen molar-refractivity contribution in [2.24, 2.45) is 10.7 Å². The molecule has 9 nitrogen and oxygen atoms in total. The number of fused-ring (bicyclic) bond motifs is 1. The first-order valence-corrected chi connectivity index (χ1v) is 10.3. The first-order valence-electron chi connectivity index (χ1n) is 10.3. The molecule has 0 saturated heterocycles. The number of methoxy groups -OCH3 is 2. The van der Waals surface area contributed by atoms with Crippen LogP contribution in [0.3, 0.4) is 0 Å². The van der Waals surface area contributed by atoms with E-state index in [-0.39, 0.29) is 29.1 Å². The normalized spacial score (nSPS) is 11.9. The molecule has 1 aromatic heterocycles. The molecular formula is C23H26F2N6O3. The summed E-state index contributed by atoms with van der Waals surface area (Å²) in [6.45, 7) is 0.567. The van der Waals surface area contributed by atoms with Gasteiger partial charge in [0.05, 0.1) is 30.8 Å². The lowest BCUT2D eigenvalue weighted by atomic mass is 10.1. The molecule has 0 aliphatic carbocycles. The van der Waals surface area contributed by atoms with Gasteiger partial charge in [0.25, 0.3) is 5.56 Å². The average Bonchev–Trinajstić information content (AvgIpc) is 2.85. The van der Waals surface area contributed by atoms with Gasteiger partial charge in [-0.3, -0.25) is 14.4 Å². The second-order valence-electron chi connectivity index (χ2n) is 7.11. The fourth-order valence-electron chi connectivity index (χ4n) is 3.48. The van der Waals surface area contributed by atoms with E-state index in [1.807, 2.05) is 0 Å². The maximum Gasteiger partial charge on any atom is 0.265 e. The lowest BCUT2D eigenvalue weighted by molar-refractivity contribution is 0.359. The van der Waals surface area contributed by atoms with E-state index < -0.39 is 17.2 Å². The summed E-state index contributed by atoms with van der Waals surface area (Å²) >= 11 is 0. The Bertz CT molecular complexity index is 1280. The molecule has 0 radical (unpaired) electrons. The zero-order valence-electron chi connectivity index (χ0n) is 19.3. The van der Waals surface area contributed by atoms with Crippen molar-refractivity contribution in [2.45, 2.75) is 0 Å². The number of hydrogen-bond donors (Lipinski definition) is 2. The van der Waals surface area contributed by atoms with Crippen molar-refractivity contribution < 1.29 is 18.3 Å². The highest BCUT2D eigenvalue weighted by molar-refractivity contribution is 6.02. The molecule has 2 aromatic carbocycles. The number of nitrogens with two attached hydrogens (primary N) is 1. The Morgan fingerprint density at radius 3 is 2.47 bits per heavy atom. The first-order chi connectivity index (χ1) is 16.4. The van der Waals surface area contributed by atoms with Gasteiger partial charge < -0.3 is 25.4 Å². The van der Waals surface area contributed by atoms with E-state index >= 15 is 8.78 Å². The Labute approximate surface area is 195 Å². The van der Waals surface area contributed by atoms with Crippen molar-refractivity contribution in [3.05, 3.63) is 58.8 Å². The van der Waals surface area contributed by atoms with Gasteiger partial charge in [0, 0.05) is 44.3 Å².